The minimum atomic E-state index is -0.209. The van der Waals surface area contributed by atoms with Gasteiger partial charge in [-0.25, -0.2) is 0 Å². The lowest BCUT2D eigenvalue weighted by molar-refractivity contribution is -0.114. The number of amides is 2. The number of ether oxygens (including phenoxy) is 1. The number of rotatable bonds is 10. The van der Waals surface area contributed by atoms with Gasteiger partial charge in [0.05, 0.1) is 6.54 Å². The predicted octanol–water partition coefficient (Wildman–Crippen LogP) is 4.57. The fourth-order valence-corrected chi connectivity index (χ4v) is 3.09. The lowest BCUT2D eigenvalue weighted by Crippen LogP contribution is -2.26. The van der Waals surface area contributed by atoms with E-state index < -0.39 is 0 Å². The maximum Gasteiger partial charge on any atom is 0.253 e. The van der Waals surface area contributed by atoms with Crippen LogP contribution in [0.4, 0.5) is 11.4 Å². The molecule has 0 unspecified atom stereocenters. The molecule has 6 nitrogen and oxygen atoms in total. The second kappa shape index (κ2) is 11.4. The van der Waals surface area contributed by atoms with E-state index in [9.17, 15) is 9.59 Å². The molecule has 0 atom stereocenters. The van der Waals surface area contributed by atoms with Crippen LogP contribution in [0.1, 0.15) is 15.9 Å². The molecule has 0 saturated heterocycles. The Kier molecular flexibility index (Phi) is 8.03. The van der Waals surface area contributed by atoms with E-state index in [1.165, 1.54) is 0 Å². The third kappa shape index (κ3) is 6.74. The maximum atomic E-state index is 12.8. The van der Waals surface area contributed by atoms with E-state index in [4.69, 9.17) is 4.74 Å². The van der Waals surface area contributed by atoms with Gasteiger partial charge in [-0.05, 0) is 48.0 Å². The summed E-state index contributed by atoms with van der Waals surface area (Å²) in [5, 5.41) is 5.90. The molecular weight excluding hydrogens is 402 g/mol. The quantitative estimate of drug-likeness (QED) is 0.463. The summed E-state index contributed by atoms with van der Waals surface area (Å²) in [7, 11) is 1.76. The summed E-state index contributed by atoms with van der Waals surface area (Å²) in [6.07, 6.45) is 1.68. The average Bonchev–Trinajstić information content (AvgIpc) is 2.82. The zero-order valence-corrected chi connectivity index (χ0v) is 18.1. The van der Waals surface area contributed by atoms with E-state index in [-0.39, 0.29) is 18.4 Å². The molecule has 32 heavy (non-hydrogen) atoms. The molecule has 0 aromatic heterocycles. The van der Waals surface area contributed by atoms with Gasteiger partial charge in [-0.15, -0.1) is 0 Å². The third-order valence-corrected chi connectivity index (χ3v) is 4.68. The molecule has 2 N–H and O–H groups in total. The number of hydrogen-bond acceptors (Lipinski definition) is 4. The van der Waals surface area contributed by atoms with Gasteiger partial charge in [-0.1, -0.05) is 49.1 Å². The van der Waals surface area contributed by atoms with Crippen molar-refractivity contribution in [1.82, 2.24) is 4.90 Å². The molecular formula is C26H27N3O3. The van der Waals surface area contributed by atoms with E-state index in [1.54, 1.807) is 42.3 Å². The molecule has 3 aromatic carbocycles. The van der Waals surface area contributed by atoms with Crippen LogP contribution in [-0.4, -0.2) is 36.9 Å². The van der Waals surface area contributed by atoms with Gasteiger partial charge in [0.2, 0.25) is 5.91 Å². The van der Waals surface area contributed by atoms with Gasteiger partial charge in [0.15, 0.2) is 0 Å². The molecule has 6 heteroatoms. The summed E-state index contributed by atoms with van der Waals surface area (Å²) in [6.45, 7) is 4.66. The van der Waals surface area contributed by atoms with Crippen molar-refractivity contribution >= 4 is 23.2 Å². The molecule has 3 aromatic rings. The van der Waals surface area contributed by atoms with E-state index in [0.717, 1.165) is 17.0 Å². The van der Waals surface area contributed by atoms with Gasteiger partial charge in [-0.2, -0.15) is 0 Å². The molecule has 0 bridgehead atoms. The largest absolute Gasteiger partial charge is 0.490 e. The van der Waals surface area contributed by atoms with Crippen LogP contribution in [0.15, 0.2) is 91.5 Å². The maximum absolute atomic E-state index is 12.8. The highest BCUT2D eigenvalue weighted by Gasteiger charge is 2.13. The lowest BCUT2D eigenvalue weighted by atomic mass is 10.1. The van der Waals surface area contributed by atoms with Gasteiger partial charge < -0.3 is 20.3 Å². The van der Waals surface area contributed by atoms with E-state index in [1.807, 2.05) is 54.6 Å². The van der Waals surface area contributed by atoms with Crippen molar-refractivity contribution in [1.29, 1.82) is 0 Å². The second-order valence-electron chi connectivity index (χ2n) is 7.25. The lowest BCUT2D eigenvalue weighted by Gasteiger charge is -2.18. The van der Waals surface area contributed by atoms with Crippen LogP contribution in [0, 0.1) is 0 Å². The topological polar surface area (TPSA) is 70.7 Å². The van der Waals surface area contributed by atoms with Crippen LogP contribution in [0.25, 0.3) is 0 Å². The normalized spacial score (nSPS) is 10.2. The highest BCUT2D eigenvalue weighted by molar-refractivity contribution is 5.98. The molecule has 0 spiro atoms. The first-order valence-corrected chi connectivity index (χ1v) is 10.3. The number of hydrogen-bond donors (Lipinski definition) is 2. The molecule has 0 aliphatic carbocycles. The van der Waals surface area contributed by atoms with Crippen molar-refractivity contribution in [2.24, 2.45) is 0 Å². The summed E-state index contributed by atoms with van der Waals surface area (Å²) in [4.78, 5) is 26.8. The van der Waals surface area contributed by atoms with E-state index in [2.05, 4.69) is 17.2 Å². The van der Waals surface area contributed by atoms with Crippen LogP contribution < -0.4 is 15.4 Å². The summed E-state index contributed by atoms with van der Waals surface area (Å²) in [5.74, 6) is 0.416. The monoisotopic (exact) mass is 429 g/mol. The SMILES string of the molecule is C=CCOc1ccc(NCC(=O)Nc2cccc(C(=O)N(C)Cc3ccccc3)c2)cc1. The zero-order chi connectivity index (χ0) is 22.8. The second-order valence-corrected chi connectivity index (χ2v) is 7.25. The first-order valence-electron chi connectivity index (χ1n) is 10.3. The zero-order valence-electron chi connectivity index (χ0n) is 18.1. The Hall–Kier alpha value is -4.06. The minimum absolute atomic E-state index is 0.0962. The van der Waals surface area contributed by atoms with Gasteiger partial charge in [0, 0.05) is 30.5 Å². The van der Waals surface area contributed by atoms with Crippen molar-refractivity contribution in [3.05, 3.63) is 103 Å². The van der Waals surface area contributed by atoms with Crippen molar-refractivity contribution in [2.75, 3.05) is 30.8 Å². The van der Waals surface area contributed by atoms with Gasteiger partial charge >= 0.3 is 0 Å². The van der Waals surface area contributed by atoms with E-state index >= 15 is 0 Å². The molecule has 0 aliphatic heterocycles. The molecule has 0 radical (unpaired) electrons. The minimum Gasteiger partial charge on any atom is -0.490 e. The van der Waals surface area contributed by atoms with Crippen molar-refractivity contribution in [2.45, 2.75) is 6.54 Å². The summed E-state index contributed by atoms with van der Waals surface area (Å²) in [6, 6.07) is 24.1. The fourth-order valence-electron chi connectivity index (χ4n) is 3.09. The Labute approximate surface area is 188 Å². The molecule has 0 saturated carbocycles. The first kappa shape index (κ1) is 22.6. The summed E-state index contributed by atoms with van der Waals surface area (Å²) in [5.41, 5.74) is 2.95. The Morgan fingerprint density at radius 1 is 0.969 bits per heavy atom. The average molecular weight is 430 g/mol. The number of anilines is 2. The Morgan fingerprint density at radius 2 is 1.72 bits per heavy atom. The van der Waals surface area contributed by atoms with Crippen LogP contribution in [0.2, 0.25) is 0 Å². The van der Waals surface area contributed by atoms with Crippen LogP contribution in [-0.2, 0) is 11.3 Å². The predicted molar refractivity (Wildman–Crippen MR) is 128 cm³/mol. The highest BCUT2D eigenvalue weighted by Crippen LogP contribution is 2.16. The van der Waals surface area contributed by atoms with Gasteiger partial charge in [0.25, 0.3) is 5.91 Å². The number of nitrogens with one attached hydrogen (secondary N) is 2. The third-order valence-electron chi connectivity index (χ3n) is 4.68. The standard InChI is InChI=1S/C26H27N3O3/c1-3-16-32-24-14-12-22(13-15-24)27-18-25(30)28-23-11-7-10-21(17-23)26(31)29(2)19-20-8-5-4-6-9-20/h3-15,17,27H,1,16,18-19H2,2H3,(H,28,30). The fraction of sp³-hybridized carbons (Fsp3) is 0.154. The van der Waals surface area contributed by atoms with Crippen molar-refractivity contribution < 1.29 is 14.3 Å². The van der Waals surface area contributed by atoms with Gasteiger partial charge in [-0.3, -0.25) is 9.59 Å². The molecule has 0 heterocycles. The van der Waals surface area contributed by atoms with Crippen LogP contribution >= 0.6 is 0 Å². The number of nitrogens with zero attached hydrogens (tertiary/aromatic N) is 1. The van der Waals surface area contributed by atoms with Crippen molar-refractivity contribution in [3.8, 4) is 5.75 Å². The first-order chi connectivity index (χ1) is 15.5. The molecule has 0 aliphatic rings. The van der Waals surface area contributed by atoms with Gasteiger partial charge in [0.1, 0.15) is 12.4 Å². The highest BCUT2D eigenvalue weighted by atomic mass is 16.5. The Bertz CT molecular complexity index is 1050. The van der Waals surface area contributed by atoms with Crippen LogP contribution in [0.3, 0.4) is 0 Å². The molecule has 164 valence electrons. The molecule has 0 fully saturated rings. The number of carbonyl (C=O) groups excluding carboxylic acids is 2. The molecule has 3 rings (SSSR count). The number of carbonyl (C=O) groups is 2. The number of benzene rings is 3. The Balaban J connectivity index is 1.52. The smallest absolute Gasteiger partial charge is 0.253 e. The van der Waals surface area contributed by atoms with E-state index in [0.29, 0.717) is 24.4 Å². The summed E-state index contributed by atoms with van der Waals surface area (Å²) < 4.78 is 5.44. The van der Waals surface area contributed by atoms with Crippen LogP contribution in [0.5, 0.6) is 5.75 Å². The molecule has 2 amide bonds. The summed E-state index contributed by atoms with van der Waals surface area (Å²) >= 11 is 0. The van der Waals surface area contributed by atoms with Crippen molar-refractivity contribution in [3.63, 3.8) is 0 Å². The Morgan fingerprint density at radius 3 is 2.44 bits per heavy atom.